The highest BCUT2D eigenvalue weighted by molar-refractivity contribution is 5.97. The van der Waals surface area contributed by atoms with Crippen molar-refractivity contribution in [2.24, 2.45) is 5.92 Å². The molecule has 1 aliphatic heterocycles. The van der Waals surface area contributed by atoms with E-state index >= 15 is 0 Å². The largest absolute Gasteiger partial charge is 0.493 e. The number of amides is 1. The molecule has 1 aliphatic carbocycles. The van der Waals surface area contributed by atoms with Gasteiger partial charge < -0.3 is 20.5 Å². The van der Waals surface area contributed by atoms with E-state index in [1.807, 2.05) is 37.5 Å². The van der Waals surface area contributed by atoms with Crippen molar-refractivity contribution >= 4 is 29.1 Å². The number of aryl methyl sites for hydroxylation is 1. The summed E-state index contributed by atoms with van der Waals surface area (Å²) in [5.74, 6) is 0.465. The van der Waals surface area contributed by atoms with Crippen LogP contribution in [0, 0.1) is 12.5 Å². The minimum absolute atomic E-state index is 0.0516. The summed E-state index contributed by atoms with van der Waals surface area (Å²) >= 11 is 0. The highest BCUT2D eigenvalue weighted by atomic mass is 16.5. The zero-order chi connectivity index (χ0) is 26.0. The molecule has 0 bridgehead atoms. The van der Waals surface area contributed by atoms with E-state index in [1.165, 1.54) is 0 Å². The average Bonchev–Trinajstić information content (AvgIpc) is 3.64. The fraction of sp³-hybridized carbons (Fsp3) is 0.310. The number of benzene rings is 2. The van der Waals surface area contributed by atoms with E-state index in [1.54, 1.807) is 18.2 Å². The van der Waals surface area contributed by atoms with Gasteiger partial charge in [0, 0.05) is 47.8 Å². The molecule has 1 spiro atoms. The van der Waals surface area contributed by atoms with Gasteiger partial charge in [-0.15, -0.1) is 0 Å². The summed E-state index contributed by atoms with van der Waals surface area (Å²) in [4.78, 5) is 32.3. The molecular weight excluding hydrogens is 468 g/mol. The number of carboxylic acids is 1. The monoisotopic (exact) mass is 496 g/mol. The van der Waals surface area contributed by atoms with Gasteiger partial charge in [-0.3, -0.25) is 9.59 Å². The van der Waals surface area contributed by atoms with Gasteiger partial charge in [0.1, 0.15) is 11.6 Å². The second-order valence-corrected chi connectivity index (χ2v) is 9.59. The lowest BCUT2D eigenvalue weighted by molar-refractivity contribution is -0.137. The molecule has 8 nitrogen and oxygen atoms in total. The minimum Gasteiger partial charge on any atom is -0.493 e. The summed E-state index contributed by atoms with van der Waals surface area (Å²) in [5.41, 5.74) is 4.63. The Labute approximate surface area is 215 Å². The molecule has 8 heteroatoms. The molecule has 37 heavy (non-hydrogen) atoms. The van der Waals surface area contributed by atoms with Crippen LogP contribution in [-0.4, -0.2) is 35.6 Å². The highest BCUT2D eigenvalue weighted by Gasteiger charge is 2.61. The van der Waals surface area contributed by atoms with E-state index in [0.29, 0.717) is 30.8 Å². The molecule has 2 heterocycles. The van der Waals surface area contributed by atoms with Gasteiger partial charge in [-0.1, -0.05) is 18.2 Å². The third-order valence-corrected chi connectivity index (χ3v) is 7.38. The van der Waals surface area contributed by atoms with Crippen molar-refractivity contribution in [3.63, 3.8) is 0 Å². The lowest BCUT2D eigenvalue weighted by Crippen LogP contribution is -2.27. The predicted molar refractivity (Wildman–Crippen MR) is 141 cm³/mol. The van der Waals surface area contributed by atoms with Crippen LogP contribution >= 0.6 is 0 Å². The summed E-state index contributed by atoms with van der Waals surface area (Å²) in [6.45, 7) is 7.91. The van der Waals surface area contributed by atoms with Crippen LogP contribution in [0.25, 0.3) is 16.0 Å². The molecule has 0 saturated heterocycles. The van der Waals surface area contributed by atoms with E-state index in [-0.39, 0.29) is 23.7 Å². The fourth-order valence-electron chi connectivity index (χ4n) is 5.26. The number of hydrogen-bond acceptors (Lipinski definition) is 5. The smallest absolute Gasteiger partial charge is 0.303 e. The fourth-order valence-corrected chi connectivity index (χ4v) is 5.26. The first kappa shape index (κ1) is 24.3. The van der Waals surface area contributed by atoms with Crippen LogP contribution < -0.4 is 15.4 Å². The van der Waals surface area contributed by atoms with Crippen molar-refractivity contribution in [1.29, 1.82) is 0 Å². The molecule has 1 fully saturated rings. The number of nitrogens with zero attached hydrogens (tertiary/aromatic N) is 2. The van der Waals surface area contributed by atoms with Gasteiger partial charge in [0.2, 0.25) is 5.91 Å². The highest BCUT2D eigenvalue weighted by Crippen LogP contribution is 2.61. The Morgan fingerprint density at radius 1 is 1.19 bits per heavy atom. The van der Waals surface area contributed by atoms with Crippen LogP contribution in [0.15, 0.2) is 54.7 Å². The summed E-state index contributed by atoms with van der Waals surface area (Å²) in [6.07, 6.45) is 4.34. The van der Waals surface area contributed by atoms with Gasteiger partial charge in [0.25, 0.3) is 0 Å². The number of pyridine rings is 1. The first-order valence-corrected chi connectivity index (χ1v) is 12.4. The lowest BCUT2D eigenvalue weighted by Gasteiger charge is -2.27. The molecule has 3 N–H and O–H groups in total. The summed E-state index contributed by atoms with van der Waals surface area (Å²) < 4.78 is 5.95. The molecule has 0 unspecified atom stereocenters. The normalized spacial score (nSPS) is 19.3. The number of ether oxygens (including phenoxy) is 1. The van der Waals surface area contributed by atoms with Crippen molar-refractivity contribution in [1.82, 2.24) is 4.98 Å². The summed E-state index contributed by atoms with van der Waals surface area (Å²) in [5, 5.41) is 15.1. The van der Waals surface area contributed by atoms with Crippen LogP contribution in [0.2, 0.25) is 0 Å². The Balaban J connectivity index is 1.38. The molecule has 1 aromatic heterocycles. The van der Waals surface area contributed by atoms with E-state index in [9.17, 15) is 9.59 Å². The Bertz CT molecular complexity index is 1400. The number of nitrogens with one attached hydrogen (secondary N) is 2. The number of carboxylic acid groups (broad SMARTS) is 1. The van der Waals surface area contributed by atoms with E-state index in [0.717, 1.165) is 46.7 Å². The third kappa shape index (κ3) is 4.85. The van der Waals surface area contributed by atoms with E-state index in [4.69, 9.17) is 16.4 Å². The molecule has 1 amide bonds. The molecule has 3 aromatic rings. The second-order valence-electron chi connectivity index (χ2n) is 9.59. The molecule has 1 saturated carbocycles. The first-order valence-electron chi connectivity index (χ1n) is 12.4. The quantitative estimate of drug-likeness (QED) is 0.359. The van der Waals surface area contributed by atoms with Gasteiger partial charge in [-0.2, -0.15) is 0 Å². The number of aromatic nitrogens is 1. The molecule has 2 aromatic carbocycles. The molecule has 2 aliphatic rings. The molecule has 188 valence electrons. The van der Waals surface area contributed by atoms with Crippen molar-refractivity contribution in [3.8, 4) is 16.9 Å². The molecule has 5 rings (SSSR count). The van der Waals surface area contributed by atoms with Crippen LogP contribution in [0.1, 0.15) is 36.8 Å². The molecule has 2 atom stereocenters. The van der Waals surface area contributed by atoms with Gasteiger partial charge in [-0.25, -0.2) is 9.83 Å². The van der Waals surface area contributed by atoms with Gasteiger partial charge in [-0.05, 0) is 67.1 Å². The maximum absolute atomic E-state index is 13.5. The topological polar surface area (TPSA) is 105 Å². The summed E-state index contributed by atoms with van der Waals surface area (Å²) in [6, 6.07) is 15.2. The Morgan fingerprint density at radius 3 is 2.76 bits per heavy atom. The Kier molecular flexibility index (Phi) is 6.53. The zero-order valence-corrected chi connectivity index (χ0v) is 20.6. The van der Waals surface area contributed by atoms with Gasteiger partial charge >= 0.3 is 5.97 Å². The van der Waals surface area contributed by atoms with Crippen molar-refractivity contribution in [3.05, 3.63) is 77.3 Å². The first-order chi connectivity index (χ1) is 17.9. The third-order valence-electron chi connectivity index (χ3n) is 7.38. The predicted octanol–water partition coefficient (Wildman–Crippen LogP) is 5.43. The lowest BCUT2D eigenvalue weighted by atomic mass is 9.85. The number of anilines is 2. The Morgan fingerprint density at radius 2 is 2.03 bits per heavy atom. The zero-order valence-electron chi connectivity index (χ0n) is 20.6. The minimum atomic E-state index is -0.852. The Hall–Kier alpha value is -4.38. The maximum atomic E-state index is 13.5. The molecule has 0 radical (unpaired) electrons. The van der Waals surface area contributed by atoms with Crippen molar-refractivity contribution in [2.45, 2.75) is 37.5 Å². The van der Waals surface area contributed by atoms with Gasteiger partial charge in [0.05, 0.1) is 13.2 Å². The average molecular weight is 497 g/mol. The van der Waals surface area contributed by atoms with Crippen LogP contribution in [0.5, 0.6) is 5.75 Å². The van der Waals surface area contributed by atoms with Crippen molar-refractivity contribution in [2.75, 3.05) is 24.3 Å². The number of rotatable bonds is 8. The van der Waals surface area contributed by atoms with Crippen molar-refractivity contribution < 1.29 is 19.4 Å². The van der Waals surface area contributed by atoms with Gasteiger partial charge in [0.15, 0.2) is 5.69 Å². The summed E-state index contributed by atoms with van der Waals surface area (Å²) in [7, 11) is 1.83. The van der Waals surface area contributed by atoms with E-state index < -0.39 is 5.97 Å². The standard InChI is InChI=1S/C29H28N4O4/c1-30-21-9-6-18(4-3-5-27(34)35)24(15-21)33-28(36)23-16-29(23)12-13-37-25-10-7-19(14-22(25)29)20-8-11-26(31-2)32-17-20/h6-11,14-15,17,23H,3-5,12-13,16H2,2H3,(H,31,32)(H,33,36)(H,34,35)/t23-,29-/m0/s1. The number of carbonyl (C=O) groups excluding carboxylic acids is 1. The van der Waals surface area contributed by atoms with Crippen LogP contribution in [0.3, 0.4) is 0 Å². The SMILES string of the molecule is [C-]#[N+]c1ccc(CCCC(=O)O)c(NC(=O)[C@@H]2C[C@]23CCOc2ccc(-c4ccc(NC)nc4)cc23)c1. The van der Waals surface area contributed by atoms with E-state index in [2.05, 4.69) is 26.5 Å². The number of aliphatic carboxylic acids is 1. The molecular formula is C29H28N4O4. The second kappa shape index (κ2) is 9.94. The number of fused-ring (bicyclic) bond motifs is 2. The maximum Gasteiger partial charge on any atom is 0.303 e. The number of hydrogen-bond donors (Lipinski definition) is 3. The number of carbonyl (C=O) groups is 2. The van der Waals surface area contributed by atoms with Crippen LogP contribution in [-0.2, 0) is 21.4 Å². The van der Waals surface area contributed by atoms with Crippen LogP contribution in [0.4, 0.5) is 17.2 Å².